The molecule has 3 atom stereocenters. The first-order valence-electron chi connectivity index (χ1n) is 5.82. The van der Waals surface area contributed by atoms with Crippen molar-refractivity contribution < 1.29 is 5.11 Å². The third-order valence-electron chi connectivity index (χ3n) is 5.66. The maximum absolute atomic E-state index is 10.8. The molecule has 1 saturated heterocycles. The Labute approximate surface area is 90.7 Å². The fraction of sp³-hybridized carbons (Fsp3) is 1.00. The van der Waals surface area contributed by atoms with Crippen LogP contribution in [0.3, 0.4) is 0 Å². The van der Waals surface area contributed by atoms with E-state index < -0.39 is 0 Å². The summed E-state index contributed by atoms with van der Waals surface area (Å²) in [6, 6.07) is 0. The molecule has 1 N–H and O–H groups in total. The first kappa shape index (κ1) is 9.53. The summed E-state index contributed by atoms with van der Waals surface area (Å²) in [4.78, 5) is 0. The quantitative estimate of drug-likeness (QED) is 0.666. The molecule has 3 fully saturated rings. The molecule has 0 aromatic rings. The van der Waals surface area contributed by atoms with Crippen LogP contribution in [0.1, 0.15) is 39.5 Å². The summed E-state index contributed by atoms with van der Waals surface area (Å²) >= 11 is 2.06. The highest BCUT2D eigenvalue weighted by molar-refractivity contribution is 7.99. The van der Waals surface area contributed by atoms with Crippen molar-refractivity contribution in [1.29, 1.82) is 0 Å². The molecule has 1 heterocycles. The number of rotatable bonds is 0. The molecule has 3 unspecified atom stereocenters. The first-order valence-corrected chi connectivity index (χ1v) is 6.98. The zero-order valence-electron chi connectivity index (χ0n) is 9.18. The SMILES string of the molecule is CC1(C)C2CCC13CSCCC3(O)C2. The van der Waals surface area contributed by atoms with E-state index in [0.717, 1.165) is 18.8 Å². The topological polar surface area (TPSA) is 20.2 Å². The van der Waals surface area contributed by atoms with E-state index in [4.69, 9.17) is 0 Å². The van der Waals surface area contributed by atoms with E-state index in [2.05, 4.69) is 25.6 Å². The molecule has 80 valence electrons. The van der Waals surface area contributed by atoms with Crippen LogP contribution < -0.4 is 0 Å². The summed E-state index contributed by atoms with van der Waals surface area (Å²) < 4.78 is 0. The molecule has 14 heavy (non-hydrogen) atoms. The van der Waals surface area contributed by atoms with Gasteiger partial charge in [0.05, 0.1) is 5.60 Å². The third kappa shape index (κ3) is 0.802. The van der Waals surface area contributed by atoms with E-state index in [1.165, 1.54) is 24.3 Å². The second-order valence-corrected chi connectivity index (χ2v) is 7.18. The Morgan fingerprint density at radius 3 is 2.71 bits per heavy atom. The van der Waals surface area contributed by atoms with E-state index >= 15 is 0 Å². The molecule has 2 saturated carbocycles. The molecule has 0 aromatic carbocycles. The van der Waals surface area contributed by atoms with Gasteiger partial charge in [-0.05, 0) is 42.8 Å². The molecule has 0 aromatic heterocycles. The van der Waals surface area contributed by atoms with Gasteiger partial charge >= 0.3 is 0 Å². The molecule has 3 aliphatic rings. The van der Waals surface area contributed by atoms with Crippen LogP contribution in [-0.4, -0.2) is 22.2 Å². The van der Waals surface area contributed by atoms with Gasteiger partial charge in [0.1, 0.15) is 0 Å². The van der Waals surface area contributed by atoms with Crippen molar-refractivity contribution in [3.63, 3.8) is 0 Å². The minimum Gasteiger partial charge on any atom is -0.389 e. The highest BCUT2D eigenvalue weighted by atomic mass is 32.2. The lowest BCUT2D eigenvalue weighted by atomic mass is 9.63. The molecule has 2 heteroatoms. The van der Waals surface area contributed by atoms with Crippen molar-refractivity contribution in [2.24, 2.45) is 16.7 Å². The monoisotopic (exact) mass is 212 g/mol. The summed E-state index contributed by atoms with van der Waals surface area (Å²) in [5.41, 5.74) is 0.341. The molecular formula is C12H20OS. The van der Waals surface area contributed by atoms with Gasteiger partial charge in [-0.1, -0.05) is 13.8 Å². The number of aliphatic hydroxyl groups is 1. The Morgan fingerprint density at radius 2 is 2.07 bits per heavy atom. The van der Waals surface area contributed by atoms with Crippen molar-refractivity contribution >= 4 is 11.8 Å². The molecular weight excluding hydrogens is 192 g/mol. The second-order valence-electron chi connectivity index (χ2n) is 6.08. The van der Waals surface area contributed by atoms with Crippen LogP contribution >= 0.6 is 11.8 Å². The predicted molar refractivity (Wildman–Crippen MR) is 60.4 cm³/mol. The van der Waals surface area contributed by atoms with Crippen molar-refractivity contribution in [1.82, 2.24) is 0 Å². The van der Waals surface area contributed by atoms with Crippen LogP contribution in [-0.2, 0) is 0 Å². The van der Waals surface area contributed by atoms with Crippen LogP contribution in [0.2, 0.25) is 0 Å². The minimum atomic E-state index is -0.301. The highest BCUT2D eigenvalue weighted by Gasteiger charge is 2.70. The summed E-state index contributed by atoms with van der Waals surface area (Å²) in [6.45, 7) is 4.79. The number of hydrogen-bond donors (Lipinski definition) is 1. The lowest BCUT2D eigenvalue weighted by Crippen LogP contribution is -2.53. The fourth-order valence-corrected chi connectivity index (χ4v) is 6.27. The Balaban J connectivity index is 2.10. The van der Waals surface area contributed by atoms with Crippen LogP contribution in [0.15, 0.2) is 0 Å². The molecule has 0 amide bonds. The fourth-order valence-electron chi connectivity index (χ4n) is 4.51. The van der Waals surface area contributed by atoms with Crippen LogP contribution in [0, 0.1) is 16.7 Å². The van der Waals surface area contributed by atoms with Gasteiger partial charge < -0.3 is 5.11 Å². The molecule has 2 bridgehead atoms. The summed E-state index contributed by atoms with van der Waals surface area (Å²) in [5.74, 6) is 3.15. The highest BCUT2D eigenvalue weighted by Crippen LogP contribution is 2.72. The van der Waals surface area contributed by atoms with Gasteiger partial charge in [0.25, 0.3) is 0 Å². The maximum Gasteiger partial charge on any atom is 0.0727 e. The maximum atomic E-state index is 10.8. The Bertz CT molecular complexity index is 275. The normalized spacial score (nSPS) is 54.6. The summed E-state index contributed by atoms with van der Waals surface area (Å²) in [6.07, 6.45) is 4.75. The van der Waals surface area contributed by atoms with Crippen LogP contribution in [0.25, 0.3) is 0 Å². The average Bonchev–Trinajstić information content (AvgIpc) is 2.46. The van der Waals surface area contributed by atoms with E-state index in [9.17, 15) is 5.11 Å². The van der Waals surface area contributed by atoms with Gasteiger partial charge in [-0.25, -0.2) is 0 Å². The summed E-state index contributed by atoms with van der Waals surface area (Å²) in [7, 11) is 0. The standard InChI is InChI=1S/C12H20OS/c1-10(2)9-3-4-11(10)8-14-6-5-12(11,13)7-9/h9,13H,3-8H2,1-2H3. The molecule has 2 aliphatic carbocycles. The van der Waals surface area contributed by atoms with Crippen molar-refractivity contribution in [3.8, 4) is 0 Å². The van der Waals surface area contributed by atoms with E-state index in [1.54, 1.807) is 0 Å². The van der Waals surface area contributed by atoms with Crippen molar-refractivity contribution in [2.75, 3.05) is 11.5 Å². The van der Waals surface area contributed by atoms with E-state index in [0.29, 0.717) is 5.41 Å². The van der Waals surface area contributed by atoms with Gasteiger partial charge in [-0.2, -0.15) is 11.8 Å². The molecule has 1 spiro atoms. The molecule has 0 radical (unpaired) electrons. The van der Waals surface area contributed by atoms with E-state index in [-0.39, 0.29) is 11.0 Å². The van der Waals surface area contributed by atoms with Gasteiger partial charge in [0.15, 0.2) is 0 Å². The number of hydrogen-bond acceptors (Lipinski definition) is 2. The smallest absolute Gasteiger partial charge is 0.0727 e. The molecule has 1 aliphatic heterocycles. The third-order valence-corrected chi connectivity index (χ3v) is 6.85. The second kappa shape index (κ2) is 2.52. The first-order chi connectivity index (χ1) is 6.52. The zero-order chi connectivity index (χ0) is 10.0. The van der Waals surface area contributed by atoms with Crippen molar-refractivity contribution in [2.45, 2.75) is 45.1 Å². The van der Waals surface area contributed by atoms with Crippen LogP contribution in [0.4, 0.5) is 0 Å². The van der Waals surface area contributed by atoms with Gasteiger partial charge in [-0.3, -0.25) is 0 Å². The molecule has 1 nitrogen and oxygen atoms in total. The average molecular weight is 212 g/mol. The molecule has 3 rings (SSSR count). The Morgan fingerprint density at radius 1 is 1.29 bits per heavy atom. The Hall–Kier alpha value is 0.310. The minimum absolute atomic E-state index is 0.258. The van der Waals surface area contributed by atoms with Gasteiger partial charge in [0.2, 0.25) is 0 Å². The Kier molecular flexibility index (Phi) is 1.71. The predicted octanol–water partition coefficient (Wildman–Crippen LogP) is 2.68. The lowest BCUT2D eigenvalue weighted by molar-refractivity contribution is -0.0909. The summed E-state index contributed by atoms with van der Waals surface area (Å²) in [5, 5.41) is 10.8. The van der Waals surface area contributed by atoms with E-state index in [1.807, 2.05) is 0 Å². The number of thioether (sulfide) groups is 1. The lowest BCUT2D eigenvalue weighted by Gasteiger charge is -2.50. The zero-order valence-corrected chi connectivity index (χ0v) is 9.99. The van der Waals surface area contributed by atoms with Gasteiger partial charge in [-0.15, -0.1) is 0 Å². The van der Waals surface area contributed by atoms with Crippen LogP contribution in [0.5, 0.6) is 0 Å². The number of fused-ring (bicyclic) bond motifs is 1. The van der Waals surface area contributed by atoms with Gasteiger partial charge in [0, 0.05) is 11.2 Å². The largest absolute Gasteiger partial charge is 0.389 e. The van der Waals surface area contributed by atoms with Crippen molar-refractivity contribution in [3.05, 3.63) is 0 Å².